The molecule has 0 aromatic heterocycles. The van der Waals surface area contributed by atoms with Crippen molar-refractivity contribution in [3.8, 4) is 0 Å². The lowest BCUT2D eigenvalue weighted by Crippen LogP contribution is -2.73. The van der Waals surface area contributed by atoms with Crippen LogP contribution in [0, 0.1) is 5.92 Å². The van der Waals surface area contributed by atoms with Crippen LogP contribution in [0.5, 0.6) is 0 Å². The number of rotatable bonds is 3. The maximum atomic E-state index is 13.1. The van der Waals surface area contributed by atoms with Crippen LogP contribution in [0.25, 0.3) is 0 Å². The van der Waals surface area contributed by atoms with Crippen molar-refractivity contribution in [3.63, 3.8) is 0 Å². The molecular weight excluding hydrogens is 268 g/mol. The van der Waals surface area contributed by atoms with Gasteiger partial charge in [-0.2, -0.15) is 0 Å². The molecule has 3 aliphatic rings. The SMILES string of the molecule is CCC(C)C1NC(=O)C2(CCCC2)N(C2CCOC2)C1=O. The molecule has 3 rings (SSSR count). The minimum absolute atomic E-state index is 0.0665. The van der Waals surface area contributed by atoms with Crippen molar-refractivity contribution in [2.75, 3.05) is 13.2 Å². The number of piperazine rings is 1. The number of nitrogens with one attached hydrogen (secondary N) is 1. The molecule has 1 saturated carbocycles. The summed E-state index contributed by atoms with van der Waals surface area (Å²) >= 11 is 0. The van der Waals surface area contributed by atoms with Crippen LogP contribution in [0.2, 0.25) is 0 Å². The van der Waals surface area contributed by atoms with Gasteiger partial charge in [0.1, 0.15) is 11.6 Å². The number of nitrogens with zero attached hydrogens (tertiary/aromatic N) is 1. The molecule has 21 heavy (non-hydrogen) atoms. The molecule has 3 atom stereocenters. The maximum Gasteiger partial charge on any atom is 0.246 e. The van der Waals surface area contributed by atoms with Crippen molar-refractivity contribution in [3.05, 3.63) is 0 Å². The molecule has 0 bridgehead atoms. The fraction of sp³-hybridized carbons (Fsp3) is 0.875. The Labute approximate surface area is 126 Å². The molecule has 2 saturated heterocycles. The molecular formula is C16H26N2O3. The Morgan fingerprint density at radius 3 is 2.67 bits per heavy atom. The molecule has 1 spiro atoms. The molecule has 5 heteroatoms. The fourth-order valence-electron chi connectivity index (χ4n) is 4.11. The van der Waals surface area contributed by atoms with E-state index in [0.29, 0.717) is 13.2 Å². The summed E-state index contributed by atoms with van der Waals surface area (Å²) in [5.41, 5.74) is -0.598. The number of carbonyl (C=O) groups excluding carboxylic acids is 2. The normalized spacial score (nSPS) is 33.5. The van der Waals surface area contributed by atoms with Crippen molar-refractivity contribution in [2.24, 2.45) is 5.92 Å². The quantitative estimate of drug-likeness (QED) is 0.857. The summed E-state index contributed by atoms with van der Waals surface area (Å²) in [5, 5.41) is 3.03. The van der Waals surface area contributed by atoms with E-state index < -0.39 is 5.54 Å². The van der Waals surface area contributed by atoms with Crippen LogP contribution in [-0.4, -0.2) is 47.6 Å². The van der Waals surface area contributed by atoms with Gasteiger partial charge < -0.3 is 15.0 Å². The molecule has 2 heterocycles. The van der Waals surface area contributed by atoms with Crippen molar-refractivity contribution < 1.29 is 14.3 Å². The molecule has 2 amide bonds. The molecule has 0 aromatic carbocycles. The summed E-state index contributed by atoms with van der Waals surface area (Å²) in [6.45, 7) is 5.38. The molecule has 1 N–H and O–H groups in total. The number of carbonyl (C=O) groups is 2. The molecule has 0 radical (unpaired) electrons. The first-order valence-electron chi connectivity index (χ1n) is 8.32. The second kappa shape index (κ2) is 5.59. The smallest absolute Gasteiger partial charge is 0.246 e. The van der Waals surface area contributed by atoms with E-state index in [1.165, 1.54) is 0 Å². The minimum atomic E-state index is -0.598. The van der Waals surface area contributed by atoms with Crippen LogP contribution in [0.1, 0.15) is 52.4 Å². The van der Waals surface area contributed by atoms with Crippen LogP contribution in [0.3, 0.4) is 0 Å². The highest BCUT2D eigenvalue weighted by Gasteiger charge is 2.56. The Kier molecular flexibility index (Phi) is 3.95. The average molecular weight is 294 g/mol. The highest BCUT2D eigenvalue weighted by atomic mass is 16.5. The Morgan fingerprint density at radius 1 is 1.38 bits per heavy atom. The van der Waals surface area contributed by atoms with E-state index in [2.05, 4.69) is 12.2 Å². The summed E-state index contributed by atoms with van der Waals surface area (Å²) in [5.74, 6) is 0.350. The monoisotopic (exact) mass is 294 g/mol. The maximum absolute atomic E-state index is 13.1. The van der Waals surface area contributed by atoms with Crippen molar-refractivity contribution in [2.45, 2.75) is 70.0 Å². The van der Waals surface area contributed by atoms with E-state index in [-0.39, 0.29) is 29.8 Å². The molecule has 3 fully saturated rings. The van der Waals surface area contributed by atoms with Gasteiger partial charge >= 0.3 is 0 Å². The lowest BCUT2D eigenvalue weighted by molar-refractivity contribution is -0.162. The van der Waals surface area contributed by atoms with Gasteiger partial charge in [-0.05, 0) is 25.2 Å². The number of hydrogen-bond acceptors (Lipinski definition) is 3. The summed E-state index contributed by atoms with van der Waals surface area (Å²) in [6.07, 6.45) is 5.40. The molecule has 0 aromatic rings. The predicted octanol–water partition coefficient (Wildman–Crippen LogP) is 1.46. The molecule has 1 aliphatic carbocycles. The Hall–Kier alpha value is -1.10. The van der Waals surface area contributed by atoms with Crippen LogP contribution < -0.4 is 5.32 Å². The Balaban J connectivity index is 1.94. The zero-order valence-corrected chi connectivity index (χ0v) is 13.1. The van der Waals surface area contributed by atoms with Crippen LogP contribution in [0.15, 0.2) is 0 Å². The van der Waals surface area contributed by atoms with E-state index in [1.54, 1.807) is 0 Å². The van der Waals surface area contributed by atoms with Crippen LogP contribution in [-0.2, 0) is 14.3 Å². The fourth-order valence-corrected chi connectivity index (χ4v) is 4.11. The lowest BCUT2D eigenvalue weighted by atomic mass is 9.84. The Morgan fingerprint density at radius 2 is 2.10 bits per heavy atom. The van der Waals surface area contributed by atoms with Gasteiger partial charge in [-0.15, -0.1) is 0 Å². The third-order valence-corrected chi connectivity index (χ3v) is 5.59. The largest absolute Gasteiger partial charge is 0.379 e. The van der Waals surface area contributed by atoms with Gasteiger partial charge in [0, 0.05) is 6.61 Å². The van der Waals surface area contributed by atoms with E-state index in [0.717, 1.165) is 38.5 Å². The average Bonchev–Trinajstić information content (AvgIpc) is 3.15. The van der Waals surface area contributed by atoms with Gasteiger partial charge in [-0.3, -0.25) is 9.59 Å². The van der Waals surface area contributed by atoms with Crippen molar-refractivity contribution in [1.29, 1.82) is 0 Å². The molecule has 3 unspecified atom stereocenters. The summed E-state index contributed by atoms with van der Waals surface area (Å²) in [4.78, 5) is 27.8. The van der Waals surface area contributed by atoms with Crippen molar-refractivity contribution >= 4 is 11.8 Å². The highest BCUT2D eigenvalue weighted by Crippen LogP contribution is 2.41. The van der Waals surface area contributed by atoms with Gasteiger partial charge in [0.2, 0.25) is 11.8 Å². The minimum Gasteiger partial charge on any atom is -0.379 e. The standard InChI is InChI=1S/C16H26N2O3/c1-3-11(2)13-14(19)18(12-6-9-21-10-12)16(15(20)17-13)7-4-5-8-16/h11-13H,3-10H2,1-2H3,(H,17,20). The highest BCUT2D eigenvalue weighted by molar-refractivity contribution is 6.00. The number of amides is 2. The summed E-state index contributed by atoms with van der Waals surface area (Å²) < 4.78 is 5.49. The first-order valence-corrected chi connectivity index (χ1v) is 8.32. The third kappa shape index (κ3) is 2.26. The van der Waals surface area contributed by atoms with E-state index in [4.69, 9.17) is 4.74 Å². The molecule has 2 aliphatic heterocycles. The second-order valence-electron chi connectivity index (χ2n) is 6.80. The molecule has 5 nitrogen and oxygen atoms in total. The zero-order chi connectivity index (χ0) is 15.0. The third-order valence-electron chi connectivity index (χ3n) is 5.59. The van der Waals surface area contributed by atoms with Gasteiger partial charge in [0.25, 0.3) is 0 Å². The first kappa shape index (κ1) is 14.8. The van der Waals surface area contributed by atoms with E-state index in [1.807, 2.05) is 11.8 Å². The number of ether oxygens (including phenoxy) is 1. The van der Waals surface area contributed by atoms with Crippen LogP contribution >= 0.6 is 0 Å². The Bertz CT molecular complexity index is 425. The van der Waals surface area contributed by atoms with Gasteiger partial charge in [0.05, 0.1) is 12.6 Å². The van der Waals surface area contributed by atoms with Crippen molar-refractivity contribution in [1.82, 2.24) is 10.2 Å². The van der Waals surface area contributed by atoms with Gasteiger partial charge in [0.15, 0.2) is 0 Å². The van der Waals surface area contributed by atoms with E-state index >= 15 is 0 Å². The summed E-state index contributed by atoms with van der Waals surface area (Å²) in [7, 11) is 0. The predicted molar refractivity (Wildman–Crippen MR) is 78.7 cm³/mol. The van der Waals surface area contributed by atoms with Gasteiger partial charge in [-0.1, -0.05) is 33.1 Å². The first-order chi connectivity index (χ1) is 10.1. The number of hydrogen-bond donors (Lipinski definition) is 1. The van der Waals surface area contributed by atoms with Crippen LogP contribution in [0.4, 0.5) is 0 Å². The summed E-state index contributed by atoms with van der Waals surface area (Å²) in [6, 6.07) is -0.289. The van der Waals surface area contributed by atoms with E-state index in [9.17, 15) is 9.59 Å². The van der Waals surface area contributed by atoms with Gasteiger partial charge in [-0.25, -0.2) is 0 Å². The second-order valence-corrected chi connectivity index (χ2v) is 6.80. The molecule has 118 valence electrons. The topological polar surface area (TPSA) is 58.6 Å². The lowest BCUT2D eigenvalue weighted by Gasteiger charge is -2.49. The zero-order valence-electron chi connectivity index (χ0n) is 13.1.